The van der Waals surface area contributed by atoms with Crippen LogP contribution in [0.3, 0.4) is 0 Å². The van der Waals surface area contributed by atoms with E-state index in [1.165, 1.54) is 12.8 Å². The molecule has 4 N–H and O–H groups in total. The van der Waals surface area contributed by atoms with E-state index in [9.17, 15) is 0 Å². The first-order valence-electron chi connectivity index (χ1n) is 4.95. The minimum atomic E-state index is 0.740. The molecule has 4 aliphatic rings. The fourth-order valence-corrected chi connectivity index (χ4v) is 3.86. The number of nitrogens with one attached hydrogen (secondary N) is 4. The molecule has 2 aliphatic heterocycles. The normalized spacial score (nSPS) is 66.0. The molecule has 66 valence electrons. The lowest BCUT2D eigenvalue weighted by molar-refractivity contribution is 0.412. The van der Waals surface area contributed by atoms with E-state index in [0.29, 0.717) is 0 Å². The Labute approximate surface area is 71.4 Å². The van der Waals surface area contributed by atoms with Gasteiger partial charge in [-0.05, 0) is 24.7 Å². The van der Waals surface area contributed by atoms with Crippen molar-refractivity contribution in [1.29, 1.82) is 0 Å². The second-order valence-electron chi connectivity index (χ2n) is 4.63. The number of hydrazine groups is 2. The highest BCUT2D eigenvalue weighted by Gasteiger charge is 2.60. The summed E-state index contributed by atoms with van der Waals surface area (Å²) >= 11 is 0. The van der Waals surface area contributed by atoms with E-state index in [1.807, 2.05) is 0 Å². The Balaban J connectivity index is 1.80. The van der Waals surface area contributed by atoms with Gasteiger partial charge in [0.2, 0.25) is 0 Å². The molecule has 0 radical (unpaired) electrons. The van der Waals surface area contributed by atoms with E-state index in [2.05, 4.69) is 21.7 Å². The molecule has 0 amide bonds. The van der Waals surface area contributed by atoms with Crippen molar-refractivity contribution in [3.63, 3.8) is 0 Å². The maximum Gasteiger partial charge on any atom is 0.0275 e. The highest BCUT2D eigenvalue weighted by molar-refractivity contribution is 5.16. The number of rotatable bonds is 0. The molecule has 0 bridgehead atoms. The third-order valence-corrected chi connectivity index (χ3v) is 4.23. The van der Waals surface area contributed by atoms with Crippen LogP contribution in [0.2, 0.25) is 0 Å². The zero-order chi connectivity index (χ0) is 7.71. The zero-order valence-electron chi connectivity index (χ0n) is 6.88. The van der Waals surface area contributed by atoms with Gasteiger partial charge in [0.05, 0.1) is 0 Å². The molecule has 2 saturated carbocycles. The van der Waals surface area contributed by atoms with Crippen LogP contribution in [0.1, 0.15) is 12.8 Å². The van der Waals surface area contributed by atoms with E-state index < -0.39 is 0 Å². The molecule has 12 heavy (non-hydrogen) atoms. The standard InChI is InChI=1S/C8H14N4/c1-3-7-5(11-9-3)2-6-8(7)4(1)10-12-6/h3-12H,1-2H2. The molecule has 4 nitrogen and oxygen atoms in total. The molecule has 0 spiro atoms. The summed E-state index contributed by atoms with van der Waals surface area (Å²) in [7, 11) is 0. The van der Waals surface area contributed by atoms with Crippen LogP contribution >= 0.6 is 0 Å². The third kappa shape index (κ3) is 0.537. The van der Waals surface area contributed by atoms with Crippen molar-refractivity contribution in [1.82, 2.24) is 21.7 Å². The molecular formula is C8H14N4. The van der Waals surface area contributed by atoms with E-state index in [-0.39, 0.29) is 0 Å². The van der Waals surface area contributed by atoms with Crippen molar-refractivity contribution in [3.8, 4) is 0 Å². The Morgan fingerprint density at radius 1 is 0.583 bits per heavy atom. The first-order chi connectivity index (χ1) is 5.93. The predicted octanol–water partition coefficient (Wildman–Crippen LogP) is -1.28. The summed E-state index contributed by atoms with van der Waals surface area (Å²) < 4.78 is 0. The van der Waals surface area contributed by atoms with Gasteiger partial charge in [-0.25, -0.2) is 0 Å². The van der Waals surface area contributed by atoms with Gasteiger partial charge in [-0.1, -0.05) is 0 Å². The topological polar surface area (TPSA) is 48.1 Å². The molecule has 4 rings (SSSR count). The van der Waals surface area contributed by atoms with Crippen molar-refractivity contribution in [3.05, 3.63) is 0 Å². The van der Waals surface area contributed by atoms with Gasteiger partial charge in [0, 0.05) is 24.2 Å². The Kier molecular flexibility index (Phi) is 0.972. The van der Waals surface area contributed by atoms with Crippen LogP contribution in [0.15, 0.2) is 0 Å². The summed E-state index contributed by atoms with van der Waals surface area (Å²) in [5, 5.41) is 0. The molecule has 0 aromatic carbocycles. The van der Waals surface area contributed by atoms with Crippen molar-refractivity contribution in [2.45, 2.75) is 37.0 Å². The van der Waals surface area contributed by atoms with Gasteiger partial charge < -0.3 is 0 Å². The largest absolute Gasteiger partial charge is 0.254 e. The summed E-state index contributed by atoms with van der Waals surface area (Å²) in [5.74, 6) is 1.78. The summed E-state index contributed by atoms with van der Waals surface area (Å²) in [6.07, 6.45) is 2.59. The van der Waals surface area contributed by atoms with Gasteiger partial charge in [0.25, 0.3) is 0 Å². The van der Waals surface area contributed by atoms with Gasteiger partial charge in [0.1, 0.15) is 0 Å². The predicted molar refractivity (Wildman–Crippen MR) is 43.9 cm³/mol. The number of hydrogen-bond acceptors (Lipinski definition) is 4. The van der Waals surface area contributed by atoms with Crippen LogP contribution in [0, 0.1) is 11.8 Å². The van der Waals surface area contributed by atoms with E-state index >= 15 is 0 Å². The molecule has 4 heteroatoms. The molecule has 4 atom stereocenters. The van der Waals surface area contributed by atoms with Gasteiger partial charge in [-0.2, -0.15) is 0 Å². The zero-order valence-corrected chi connectivity index (χ0v) is 6.88. The van der Waals surface area contributed by atoms with Gasteiger partial charge in [-0.15, -0.1) is 0 Å². The maximum atomic E-state index is 3.42. The molecule has 2 aliphatic carbocycles. The van der Waals surface area contributed by atoms with Crippen LogP contribution < -0.4 is 21.7 Å². The van der Waals surface area contributed by atoms with Crippen molar-refractivity contribution in [2.24, 2.45) is 11.8 Å². The lowest BCUT2D eigenvalue weighted by Gasteiger charge is -2.12. The van der Waals surface area contributed by atoms with Crippen molar-refractivity contribution < 1.29 is 0 Å². The lowest BCUT2D eigenvalue weighted by atomic mass is 9.94. The maximum absolute atomic E-state index is 3.42. The summed E-state index contributed by atoms with van der Waals surface area (Å²) in [6.45, 7) is 0. The Morgan fingerprint density at radius 2 is 0.917 bits per heavy atom. The average molecular weight is 166 g/mol. The quantitative estimate of drug-likeness (QED) is 0.362. The second kappa shape index (κ2) is 1.85. The van der Waals surface area contributed by atoms with Crippen LogP contribution in [0.4, 0.5) is 0 Å². The summed E-state index contributed by atoms with van der Waals surface area (Å²) in [5.41, 5.74) is 13.7. The Bertz CT molecular complexity index is 187. The van der Waals surface area contributed by atoms with Crippen LogP contribution in [-0.2, 0) is 0 Å². The van der Waals surface area contributed by atoms with Crippen LogP contribution in [0.5, 0.6) is 0 Å². The van der Waals surface area contributed by atoms with Crippen LogP contribution in [-0.4, -0.2) is 24.2 Å². The molecule has 4 unspecified atom stereocenters. The highest BCUT2D eigenvalue weighted by atomic mass is 15.5. The Morgan fingerprint density at radius 3 is 1.25 bits per heavy atom. The number of hydrogen-bond donors (Lipinski definition) is 4. The molecular weight excluding hydrogens is 152 g/mol. The molecule has 2 heterocycles. The monoisotopic (exact) mass is 166 g/mol. The van der Waals surface area contributed by atoms with E-state index in [4.69, 9.17) is 0 Å². The second-order valence-corrected chi connectivity index (χ2v) is 4.63. The smallest absolute Gasteiger partial charge is 0.0275 e. The van der Waals surface area contributed by atoms with E-state index in [1.54, 1.807) is 0 Å². The molecule has 0 aromatic heterocycles. The van der Waals surface area contributed by atoms with Crippen molar-refractivity contribution in [2.75, 3.05) is 0 Å². The summed E-state index contributed by atoms with van der Waals surface area (Å²) in [4.78, 5) is 0. The average Bonchev–Trinajstić information content (AvgIpc) is 2.71. The minimum absolute atomic E-state index is 0.740. The first-order valence-corrected chi connectivity index (χ1v) is 4.95. The molecule has 0 aromatic rings. The lowest BCUT2D eigenvalue weighted by Crippen LogP contribution is -2.41. The Hall–Kier alpha value is -0.160. The van der Waals surface area contributed by atoms with Crippen molar-refractivity contribution >= 4 is 0 Å². The first kappa shape index (κ1) is 6.32. The summed E-state index contributed by atoms with van der Waals surface area (Å²) in [6, 6.07) is 2.96. The molecule has 4 fully saturated rings. The van der Waals surface area contributed by atoms with Gasteiger partial charge in [0.15, 0.2) is 0 Å². The molecule has 2 saturated heterocycles. The van der Waals surface area contributed by atoms with Crippen LogP contribution in [0.25, 0.3) is 0 Å². The highest BCUT2D eigenvalue weighted by Crippen LogP contribution is 2.48. The fourth-order valence-electron chi connectivity index (χ4n) is 3.86. The third-order valence-electron chi connectivity index (χ3n) is 4.23. The van der Waals surface area contributed by atoms with Gasteiger partial charge in [-0.3, -0.25) is 21.7 Å². The van der Waals surface area contributed by atoms with E-state index in [0.717, 1.165) is 36.0 Å². The fraction of sp³-hybridized carbons (Fsp3) is 1.00. The SMILES string of the molecule is C1C2NNC3CC4NNC1C4C23. The minimum Gasteiger partial charge on any atom is -0.254 e. The van der Waals surface area contributed by atoms with Gasteiger partial charge >= 0.3 is 0 Å².